The van der Waals surface area contributed by atoms with Crippen LogP contribution in [0.5, 0.6) is 0 Å². The fourth-order valence-electron chi connectivity index (χ4n) is 3.68. The lowest BCUT2D eigenvalue weighted by Gasteiger charge is -2.31. The van der Waals surface area contributed by atoms with E-state index in [0.717, 1.165) is 48.6 Å². The van der Waals surface area contributed by atoms with Crippen molar-refractivity contribution in [2.24, 2.45) is 0 Å². The van der Waals surface area contributed by atoms with Crippen molar-refractivity contribution >= 4 is 11.0 Å². The summed E-state index contributed by atoms with van der Waals surface area (Å²) in [6.07, 6.45) is 2.07. The molecule has 1 aliphatic rings. The molecule has 1 unspecified atom stereocenters. The van der Waals surface area contributed by atoms with Gasteiger partial charge in [0.1, 0.15) is 17.5 Å². The summed E-state index contributed by atoms with van der Waals surface area (Å²) < 4.78 is 15.0. The summed E-state index contributed by atoms with van der Waals surface area (Å²) in [5.74, 6) is 1.63. The van der Waals surface area contributed by atoms with Crippen LogP contribution in [0, 0.1) is 5.82 Å². The number of halogens is 1. The van der Waals surface area contributed by atoms with E-state index in [9.17, 15) is 9.18 Å². The highest BCUT2D eigenvalue weighted by atomic mass is 19.1. The first-order valence-corrected chi connectivity index (χ1v) is 8.65. The van der Waals surface area contributed by atoms with Crippen LogP contribution in [0.15, 0.2) is 23.0 Å². The normalized spacial score (nSPS) is 18.9. The number of aromatic nitrogens is 5. The molecule has 7 nitrogen and oxygen atoms in total. The number of aromatic amines is 2. The lowest BCUT2D eigenvalue weighted by molar-refractivity contribution is 0.191. The van der Waals surface area contributed by atoms with Gasteiger partial charge in [0.05, 0.1) is 17.6 Å². The third kappa shape index (κ3) is 3.09. The minimum Gasteiger partial charge on any atom is -0.341 e. The third-order valence-electron chi connectivity index (χ3n) is 4.84. The Hall–Kier alpha value is -2.48. The molecule has 1 fully saturated rings. The Bertz CT molecular complexity index is 942. The summed E-state index contributed by atoms with van der Waals surface area (Å²) in [5, 5.41) is 6.79. The smallest absolute Gasteiger partial charge is 0.341 e. The molecule has 0 radical (unpaired) electrons. The summed E-state index contributed by atoms with van der Waals surface area (Å²) in [6.45, 7) is 5.05. The molecule has 0 saturated carbocycles. The topological polar surface area (TPSA) is 82.6 Å². The summed E-state index contributed by atoms with van der Waals surface area (Å²) in [5.41, 5.74) is 1.35. The van der Waals surface area contributed by atoms with Gasteiger partial charge < -0.3 is 4.98 Å². The van der Waals surface area contributed by atoms with E-state index < -0.39 is 0 Å². The maximum atomic E-state index is 13.3. The molecule has 1 aromatic carbocycles. The first-order chi connectivity index (χ1) is 12.1. The number of hydrogen-bond donors (Lipinski definition) is 2. The number of rotatable bonds is 4. The van der Waals surface area contributed by atoms with Gasteiger partial charge in [0.15, 0.2) is 0 Å². The molecule has 1 aliphatic heterocycles. The molecule has 0 bridgehead atoms. The number of benzene rings is 1. The van der Waals surface area contributed by atoms with Gasteiger partial charge in [-0.15, -0.1) is 0 Å². The molecule has 1 atom stereocenters. The number of nitrogens with zero attached hydrogens (tertiary/aromatic N) is 4. The van der Waals surface area contributed by atoms with Gasteiger partial charge in [-0.3, -0.25) is 9.47 Å². The van der Waals surface area contributed by atoms with E-state index in [0.29, 0.717) is 13.1 Å². The molecule has 2 aromatic heterocycles. The standard InChI is InChI=1S/C17H21FN6O/c1-2-24-16(21-22-17(24)25)11-4-3-7-23(9-11)10-15-19-13-6-5-12(18)8-14(13)20-15/h5-6,8,11H,2-4,7,9-10H2,1H3,(H,19,20)(H,22,25). The van der Waals surface area contributed by atoms with Crippen molar-refractivity contribution in [3.8, 4) is 0 Å². The van der Waals surface area contributed by atoms with E-state index >= 15 is 0 Å². The quantitative estimate of drug-likeness (QED) is 0.758. The minimum absolute atomic E-state index is 0.145. The van der Waals surface area contributed by atoms with Crippen molar-refractivity contribution in [1.29, 1.82) is 0 Å². The van der Waals surface area contributed by atoms with Crippen LogP contribution >= 0.6 is 0 Å². The minimum atomic E-state index is -0.267. The maximum absolute atomic E-state index is 13.3. The first-order valence-electron chi connectivity index (χ1n) is 8.65. The molecule has 0 aliphatic carbocycles. The highest BCUT2D eigenvalue weighted by molar-refractivity contribution is 5.74. The number of H-pyrrole nitrogens is 2. The van der Waals surface area contributed by atoms with Crippen LogP contribution in [0.3, 0.4) is 0 Å². The van der Waals surface area contributed by atoms with Gasteiger partial charge in [0.2, 0.25) is 0 Å². The van der Waals surface area contributed by atoms with Crippen molar-refractivity contribution in [3.63, 3.8) is 0 Å². The second kappa shape index (κ2) is 6.44. The molecule has 0 spiro atoms. The van der Waals surface area contributed by atoms with Crippen molar-refractivity contribution in [1.82, 2.24) is 29.6 Å². The average molecular weight is 344 g/mol. The van der Waals surface area contributed by atoms with E-state index in [-0.39, 0.29) is 17.4 Å². The molecule has 25 heavy (non-hydrogen) atoms. The second-order valence-corrected chi connectivity index (χ2v) is 6.55. The maximum Gasteiger partial charge on any atom is 0.343 e. The van der Waals surface area contributed by atoms with Crippen molar-refractivity contribution in [2.75, 3.05) is 13.1 Å². The number of nitrogens with one attached hydrogen (secondary N) is 2. The zero-order chi connectivity index (χ0) is 17.4. The van der Waals surface area contributed by atoms with E-state index in [4.69, 9.17) is 0 Å². The number of fused-ring (bicyclic) bond motifs is 1. The Labute approximate surface area is 143 Å². The fraction of sp³-hybridized carbons (Fsp3) is 0.471. The number of piperidine rings is 1. The SMILES string of the molecule is CCn1c(C2CCCN(Cc3nc4ccc(F)cc4[nH]3)C2)n[nH]c1=O. The first kappa shape index (κ1) is 16.0. The van der Waals surface area contributed by atoms with Crippen LogP contribution in [0.25, 0.3) is 11.0 Å². The summed E-state index contributed by atoms with van der Waals surface area (Å²) >= 11 is 0. The van der Waals surface area contributed by atoms with E-state index in [1.807, 2.05) is 6.92 Å². The molecule has 3 aromatic rings. The van der Waals surface area contributed by atoms with Gasteiger partial charge in [0, 0.05) is 19.0 Å². The molecule has 132 valence electrons. The van der Waals surface area contributed by atoms with Crippen LogP contribution in [0.2, 0.25) is 0 Å². The van der Waals surface area contributed by atoms with E-state index in [2.05, 4.69) is 25.1 Å². The number of likely N-dealkylation sites (tertiary alicyclic amines) is 1. The Kier molecular flexibility index (Phi) is 4.12. The second-order valence-electron chi connectivity index (χ2n) is 6.55. The van der Waals surface area contributed by atoms with Crippen LogP contribution in [0.4, 0.5) is 4.39 Å². The van der Waals surface area contributed by atoms with Crippen LogP contribution in [0.1, 0.15) is 37.3 Å². The number of hydrogen-bond acceptors (Lipinski definition) is 4. The molecule has 3 heterocycles. The highest BCUT2D eigenvalue weighted by Gasteiger charge is 2.26. The third-order valence-corrected chi connectivity index (χ3v) is 4.84. The summed E-state index contributed by atoms with van der Waals surface area (Å²) in [7, 11) is 0. The zero-order valence-corrected chi connectivity index (χ0v) is 14.1. The lowest BCUT2D eigenvalue weighted by Crippen LogP contribution is -2.35. The van der Waals surface area contributed by atoms with Crippen LogP contribution < -0.4 is 5.69 Å². The Balaban J connectivity index is 1.51. The van der Waals surface area contributed by atoms with Crippen LogP contribution in [-0.4, -0.2) is 42.7 Å². The van der Waals surface area contributed by atoms with Gasteiger partial charge in [0.25, 0.3) is 0 Å². The Morgan fingerprint density at radius 3 is 3.12 bits per heavy atom. The number of imidazole rings is 1. The van der Waals surface area contributed by atoms with Gasteiger partial charge in [-0.25, -0.2) is 19.3 Å². The predicted octanol–water partition coefficient (Wildman–Crippen LogP) is 1.99. The van der Waals surface area contributed by atoms with Crippen molar-refractivity contribution in [3.05, 3.63) is 46.1 Å². The molecule has 4 rings (SSSR count). The van der Waals surface area contributed by atoms with Gasteiger partial charge >= 0.3 is 5.69 Å². The zero-order valence-electron chi connectivity index (χ0n) is 14.1. The summed E-state index contributed by atoms with van der Waals surface area (Å²) in [4.78, 5) is 21.8. The summed E-state index contributed by atoms with van der Waals surface area (Å²) in [6, 6.07) is 4.58. The van der Waals surface area contributed by atoms with Gasteiger partial charge in [-0.1, -0.05) is 0 Å². The predicted molar refractivity (Wildman–Crippen MR) is 91.8 cm³/mol. The van der Waals surface area contributed by atoms with E-state index in [1.165, 1.54) is 12.1 Å². The Morgan fingerprint density at radius 1 is 1.40 bits per heavy atom. The molecule has 2 N–H and O–H groups in total. The van der Waals surface area contributed by atoms with Gasteiger partial charge in [-0.2, -0.15) is 5.10 Å². The molecular weight excluding hydrogens is 323 g/mol. The molecule has 1 saturated heterocycles. The van der Waals surface area contributed by atoms with Crippen molar-refractivity contribution in [2.45, 2.75) is 38.8 Å². The Morgan fingerprint density at radius 2 is 2.28 bits per heavy atom. The monoisotopic (exact) mass is 344 g/mol. The molecule has 0 amide bonds. The lowest BCUT2D eigenvalue weighted by atomic mass is 9.97. The average Bonchev–Trinajstić information content (AvgIpc) is 3.17. The largest absolute Gasteiger partial charge is 0.343 e. The van der Waals surface area contributed by atoms with Gasteiger partial charge in [-0.05, 0) is 44.5 Å². The molecule has 8 heteroatoms. The molecular formula is C17H21FN6O. The van der Waals surface area contributed by atoms with Crippen molar-refractivity contribution < 1.29 is 4.39 Å². The van der Waals surface area contributed by atoms with Crippen LogP contribution in [-0.2, 0) is 13.1 Å². The van der Waals surface area contributed by atoms with E-state index in [1.54, 1.807) is 10.6 Å². The highest BCUT2D eigenvalue weighted by Crippen LogP contribution is 2.26. The fourth-order valence-corrected chi connectivity index (χ4v) is 3.68.